The maximum Gasteiger partial charge on any atom is 0.231 e. The predicted octanol–water partition coefficient (Wildman–Crippen LogP) is 2.66. The molecule has 1 atom stereocenters. The van der Waals surface area contributed by atoms with Gasteiger partial charge in [-0.15, -0.1) is 0 Å². The molecular formula is C20H24N2O3. The highest BCUT2D eigenvalue weighted by molar-refractivity contribution is 5.46. The minimum absolute atomic E-state index is 0.264. The van der Waals surface area contributed by atoms with Crippen molar-refractivity contribution in [2.24, 2.45) is 0 Å². The zero-order valence-corrected chi connectivity index (χ0v) is 14.3. The maximum absolute atomic E-state index is 10.5. The fourth-order valence-electron chi connectivity index (χ4n) is 3.46. The van der Waals surface area contributed by atoms with E-state index in [-0.39, 0.29) is 6.79 Å². The number of anilines is 1. The zero-order valence-electron chi connectivity index (χ0n) is 14.3. The van der Waals surface area contributed by atoms with Crippen LogP contribution in [-0.4, -0.2) is 49.5 Å². The quantitative estimate of drug-likeness (QED) is 0.907. The first kappa shape index (κ1) is 16.2. The third kappa shape index (κ3) is 3.72. The van der Waals surface area contributed by atoms with E-state index >= 15 is 0 Å². The fraction of sp³-hybridized carbons (Fsp3) is 0.400. The van der Waals surface area contributed by atoms with E-state index in [0.717, 1.165) is 56.2 Å². The Bertz CT molecular complexity index is 699. The molecule has 4 rings (SSSR count). The van der Waals surface area contributed by atoms with Crippen molar-refractivity contribution < 1.29 is 14.6 Å². The highest BCUT2D eigenvalue weighted by Crippen LogP contribution is 2.34. The molecule has 5 heteroatoms. The molecule has 1 fully saturated rings. The first-order valence-electron chi connectivity index (χ1n) is 8.89. The summed E-state index contributed by atoms with van der Waals surface area (Å²) in [6.45, 7) is 5.29. The first-order valence-corrected chi connectivity index (χ1v) is 8.89. The van der Waals surface area contributed by atoms with Gasteiger partial charge in [-0.3, -0.25) is 4.90 Å². The monoisotopic (exact) mass is 340 g/mol. The summed E-state index contributed by atoms with van der Waals surface area (Å²) < 4.78 is 10.7. The van der Waals surface area contributed by atoms with Crippen molar-refractivity contribution in [2.45, 2.75) is 12.5 Å². The van der Waals surface area contributed by atoms with Crippen molar-refractivity contribution in [1.29, 1.82) is 0 Å². The average molecular weight is 340 g/mol. The molecule has 0 spiro atoms. The van der Waals surface area contributed by atoms with E-state index in [2.05, 4.69) is 40.1 Å². The Morgan fingerprint density at radius 2 is 1.68 bits per heavy atom. The second kappa shape index (κ2) is 7.33. The van der Waals surface area contributed by atoms with Gasteiger partial charge in [0.25, 0.3) is 0 Å². The SMILES string of the molecule is OC(CCN1CCN(c2ccccc2)CC1)c1ccc2c(c1)OCO2. The lowest BCUT2D eigenvalue weighted by atomic mass is 10.1. The third-order valence-corrected chi connectivity index (χ3v) is 4.99. The smallest absolute Gasteiger partial charge is 0.231 e. The van der Waals surface area contributed by atoms with Gasteiger partial charge in [0.15, 0.2) is 11.5 Å². The molecule has 0 aliphatic carbocycles. The number of aliphatic hydroxyl groups is 1. The van der Waals surface area contributed by atoms with E-state index in [9.17, 15) is 5.11 Å². The van der Waals surface area contributed by atoms with E-state index in [1.165, 1.54) is 5.69 Å². The van der Waals surface area contributed by atoms with Crippen LogP contribution in [0.15, 0.2) is 48.5 Å². The molecule has 0 aromatic heterocycles. The van der Waals surface area contributed by atoms with Gasteiger partial charge in [-0.2, -0.15) is 0 Å². The standard InChI is InChI=1S/C20H24N2O3/c23-18(16-6-7-19-20(14-16)25-15-24-19)8-9-21-10-12-22(13-11-21)17-4-2-1-3-5-17/h1-7,14,18,23H,8-13,15H2. The van der Waals surface area contributed by atoms with Gasteiger partial charge in [-0.1, -0.05) is 24.3 Å². The zero-order chi connectivity index (χ0) is 17.1. The van der Waals surface area contributed by atoms with Gasteiger partial charge >= 0.3 is 0 Å². The van der Waals surface area contributed by atoms with Gasteiger partial charge in [-0.25, -0.2) is 0 Å². The van der Waals surface area contributed by atoms with Crippen LogP contribution in [0.25, 0.3) is 0 Å². The summed E-state index contributed by atoms with van der Waals surface area (Å²) >= 11 is 0. The van der Waals surface area contributed by atoms with Crippen LogP contribution in [0.1, 0.15) is 18.1 Å². The number of nitrogens with zero attached hydrogens (tertiary/aromatic N) is 2. The number of hydrogen-bond donors (Lipinski definition) is 1. The van der Waals surface area contributed by atoms with Crippen LogP contribution in [-0.2, 0) is 0 Å². The molecule has 0 amide bonds. The number of hydrogen-bond acceptors (Lipinski definition) is 5. The minimum Gasteiger partial charge on any atom is -0.454 e. The van der Waals surface area contributed by atoms with Crippen LogP contribution in [0.4, 0.5) is 5.69 Å². The fourth-order valence-corrected chi connectivity index (χ4v) is 3.46. The second-order valence-corrected chi connectivity index (χ2v) is 6.58. The van der Waals surface area contributed by atoms with Crippen LogP contribution in [0.5, 0.6) is 11.5 Å². The topological polar surface area (TPSA) is 45.2 Å². The Morgan fingerprint density at radius 3 is 2.48 bits per heavy atom. The predicted molar refractivity (Wildman–Crippen MR) is 97.2 cm³/mol. The number of rotatable bonds is 5. The molecule has 25 heavy (non-hydrogen) atoms. The lowest BCUT2D eigenvalue weighted by Crippen LogP contribution is -2.46. The summed E-state index contributed by atoms with van der Waals surface area (Å²) in [7, 11) is 0. The molecular weight excluding hydrogens is 316 g/mol. The first-order chi connectivity index (χ1) is 12.3. The van der Waals surface area contributed by atoms with E-state index in [4.69, 9.17) is 9.47 Å². The number of aliphatic hydroxyl groups excluding tert-OH is 1. The number of benzene rings is 2. The number of piperazine rings is 1. The molecule has 0 saturated carbocycles. The second-order valence-electron chi connectivity index (χ2n) is 6.58. The van der Waals surface area contributed by atoms with E-state index in [1.54, 1.807) is 0 Å². The van der Waals surface area contributed by atoms with Crippen LogP contribution >= 0.6 is 0 Å². The number of para-hydroxylation sites is 1. The number of fused-ring (bicyclic) bond motifs is 1. The van der Waals surface area contributed by atoms with Crippen molar-refractivity contribution in [2.75, 3.05) is 44.4 Å². The lowest BCUT2D eigenvalue weighted by Gasteiger charge is -2.36. The average Bonchev–Trinajstić information content (AvgIpc) is 3.15. The summed E-state index contributed by atoms with van der Waals surface area (Å²) in [5.74, 6) is 1.49. The van der Waals surface area contributed by atoms with Gasteiger partial charge in [0, 0.05) is 38.4 Å². The van der Waals surface area contributed by atoms with Gasteiger partial charge in [0.05, 0.1) is 6.10 Å². The van der Waals surface area contributed by atoms with Crippen LogP contribution in [0.2, 0.25) is 0 Å². The maximum atomic E-state index is 10.5. The summed E-state index contributed by atoms with van der Waals surface area (Å²) in [6.07, 6.45) is 0.256. The molecule has 5 nitrogen and oxygen atoms in total. The molecule has 1 saturated heterocycles. The molecule has 2 aliphatic heterocycles. The molecule has 2 aliphatic rings. The van der Waals surface area contributed by atoms with Crippen molar-refractivity contribution >= 4 is 5.69 Å². The van der Waals surface area contributed by atoms with Gasteiger partial charge in [0.2, 0.25) is 6.79 Å². The summed E-state index contributed by atoms with van der Waals surface area (Å²) in [5.41, 5.74) is 2.19. The lowest BCUT2D eigenvalue weighted by molar-refractivity contribution is 0.139. The van der Waals surface area contributed by atoms with Crippen LogP contribution in [0.3, 0.4) is 0 Å². The Labute approximate surface area is 148 Å². The number of ether oxygens (including phenoxy) is 2. The van der Waals surface area contributed by atoms with Crippen molar-refractivity contribution in [3.8, 4) is 11.5 Å². The van der Waals surface area contributed by atoms with Crippen molar-refractivity contribution in [3.05, 3.63) is 54.1 Å². The Morgan fingerprint density at radius 1 is 0.920 bits per heavy atom. The van der Waals surface area contributed by atoms with Crippen LogP contribution in [0, 0.1) is 0 Å². The van der Waals surface area contributed by atoms with E-state index < -0.39 is 6.10 Å². The largest absolute Gasteiger partial charge is 0.454 e. The Hall–Kier alpha value is -2.24. The van der Waals surface area contributed by atoms with Gasteiger partial charge in [0.1, 0.15) is 0 Å². The molecule has 1 unspecified atom stereocenters. The molecule has 1 N–H and O–H groups in total. The summed E-state index contributed by atoms with van der Waals surface area (Å²) in [4.78, 5) is 4.85. The van der Waals surface area contributed by atoms with Crippen molar-refractivity contribution in [1.82, 2.24) is 4.90 Å². The molecule has 2 heterocycles. The third-order valence-electron chi connectivity index (χ3n) is 4.99. The molecule has 0 bridgehead atoms. The summed E-state index contributed by atoms with van der Waals surface area (Å²) in [6, 6.07) is 16.2. The van der Waals surface area contributed by atoms with Gasteiger partial charge in [-0.05, 0) is 36.2 Å². The normalized spacial score (nSPS) is 18.4. The highest BCUT2D eigenvalue weighted by atomic mass is 16.7. The molecule has 132 valence electrons. The van der Waals surface area contributed by atoms with E-state index in [0.29, 0.717) is 0 Å². The van der Waals surface area contributed by atoms with Crippen LogP contribution < -0.4 is 14.4 Å². The van der Waals surface area contributed by atoms with E-state index in [1.807, 2.05) is 18.2 Å². The van der Waals surface area contributed by atoms with Gasteiger partial charge < -0.3 is 19.5 Å². The Kier molecular flexibility index (Phi) is 4.76. The summed E-state index contributed by atoms with van der Waals surface area (Å²) in [5, 5.41) is 10.5. The highest BCUT2D eigenvalue weighted by Gasteiger charge is 2.20. The minimum atomic E-state index is -0.471. The Balaban J connectivity index is 1.26. The molecule has 0 radical (unpaired) electrons. The molecule has 2 aromatic rings. The molecule has 2 aromatic carbocycles. The van der Waals surface area contributed by atoms with Crippen molar-refractivity contribution in [3.63, 3.8) is 0 Å².